The van der Waals surface area contributed by atoms with Crippen LogP contribution in [0.25, 0.3) is 0 Å². The van der Waals surface area contributed by atoms with Crippen molar-refractivity contribution in [3.05, 3.63) is 34.6 Å². The molecule has 0 spiro atoms. The van der Waals surface area contributed by atoms with Crippen molar-refractivity contribution >= 4 is 29.3 Å². The van der Waals surface area contributed by atoms with Crippen LogP contribution in [0.4, 0.5) is 4.39 Å². The predicted molar refractivity (Wildman–Crippen MR) is 65.1 cm³/mol. The highest BCUT2D eigenvalue weighted by atomic mass is 35.5. The van der Waals surface area contributed by atoms with E-state index in [1.54, 1.807) is 0 Å². The minimum atomic E-state index is -0.786. The van der Waals surface area contributed by atoms with Crippen molar-refractivity contribution in [3.8, 4) is 0 Å². The highest BCUT2D eigenvalue weighted by Crippen LogP contribution is 2.20. The monoisotopic (exact) mass is 284 g/mol. The number of halogens is 2. The molecule has 0 aliphatic carbocycles. The highest BCUT2D eigenvalue weighted by molar-refractivity contribution is 6.34. The molecule has 2 rings (SSSR count). The van der Waals surface area contributed by atoms with E-state index in [2.05, 4.69) is 5.32 Å². The SMILES string of the molecule is CC1C(=O)NC(=O)CN1C(=O)c1ccc(F)cc1Cl. The lowest BCUT2D eigenvalue weighted by Crippen LogP contribution is -2.58. The zero-order valence-corrected chi connectivity index (χ0v) is 10.7. The van der Waals surface area contributed by atoms with Crippen molar-refractivity contribution in [1.82, 2.24) is 10.2 Å². The maximum absolute atomic E-state index is 12.9. The molecule has 1 aromatic rings. The molecular weight excluding hydrogens is 275 g/mol. The number of imide groups is 1. The van der Waals surface area contributed by atoms with Gasteiger partial charge in [-0.3, -0.25) is 19.7 Å². The minimum Gasteiger partial charge on any atom is -0.318 e. The van der Waals surface area contributed by atoms with Crippen LogP contribution in [0.15, 0.2) is 18.2 Å². The number of hydrogen-bond donors (Lipinski definition) is 1. The number of piperazine rings is 1. The molecule has 1 atom stereocenters. The van der Waals surface area contributed by atoms with Gasteiger partial charge in [0, 0.05) is 0 Å². The Morgan fingerprint density at radius 3 is 2.79 bits per heavy atom. The predicted octanol–water partition coefficient (Wildman–Crippen LogP) is 0.966. The highest BCUT2D eigenvalue weighted by Gasteiger charge is 2.34. The standard InChI is InChI=1S/C12H10ClFN2O3/c1-6-11(18)15-10(17)5-16(6)12(19)8-3-2-7(14)4-9(8)13/h2-4,6H,5H2,1H3,(H,15,17,18). The Morgan fingerprint density at radius 1 is 1.47 bits per heavy atom. The van der Waals surface area contributed by atoms with E-state index in [0.717, 1.165) is 17.0 Å². The van der Waals surface area contributed by atoms with Crippen LogP contribution in [0.5, 0.6) is 0 Å². The molecule has 1 saturated heterocycles. The van der Waals surface area contributed by atoms with Gasteiger partial charge in [0.05, 0.1) is 10.6 Å². The van der Waals surface area contributed by atoms with Gasteiger partial charge in [0.25, 0.3) is 5.91 Å². The van der Waals surface area contributed by atoms with E-state index in [4.69, 9.17) is 11.6 Å². The molecule has 1 aliphatic rings. The molecular formula is C12H10ClFN2O3. The number of carbonyl (C=O) groups excluding carboxylic acids is 3. The third-order valence-corrected chi connectivity index (χ3v) is 3.16. The van der Waals surface area contributed by atoms with Crippen molar-refractivity contribution in [2.75, 3.05) is 6.54 Å². The van der Waals surface area contributed by atoms with Gasteiger partial charge in [-0.05, 0) is 25.1 Å². The Balaban J connectivity index is 2.32. The molecule has 1 aromatic carbocycles. The summed E-state index contributed by atoms with van der Waals surface area (Å²) in [7, 11) is 0. The first-order valence-corrected chi connectivity index (χ1v) is 5.87. The van der Waals surface area contributed by atoms with Crippen molar-refractivity contribution in [3.63, 3.8) is 0 Å². The van der Waals surface area contributed by atoms with Gasteiger partial charge >= 0.3 is 0 Å². The number of benzene rings is 1. The van der Waals surface area contributed by atoms with Crippen LogP contribution in [0.2, 0.25) is 5.02 Å². The topological polar surface area (TPSA) is 66.5 Å². The molecule has 1 aliphatic heterocycles. The fraction of sp³-hybridized carbons (Fsp3) is 0.250. The summed E-state index contributed by atoms with van der Waals surface area (Å²) >= 11 is 5.79. The second kappa shape index (κ2) is 4.97. The molecule has 1 N–H and O–H groups in total. The molecule has 0 radical (unpaired) electrons. The Morgan fingerprint density at radius 2 is 2.16 bits per heavy atom. The van der Waals surface area contributed by atoms with Crippen molar-refractivity contribution in [2.45, 2.75) is 13.0 Å². The molecule has 0 saturated carbocycles. The Bertz CT molecular complexity index is 576. The lowest BCUT2D eigenvalue weighted by Gasteiger charge is -2.31. The van der Waals surface area contributed by atoms with Crippen molar-refractivity contribution in [1.29, 1.82) is 0 Å². The van der Waals surface area contributed by atoms with Gasteiger partial charge in [0.2, 0.25) is 11.8 Å². The normalized spacial score (nSPS) is 19.3. The summed E-state index contributed by atoms with van der Waals surface area (Å²) in [4.78, 5) is 36.1. The van der Waals surface area contributed by atoms with Gasteiger partial charge in [-0.25, -0.2) is 4.39 Å². The summed E-state index contributed by atoms with van der Waals surface area (Å²) in [6.45, 7) is 1.26. The van der Waals surface area contributed by atoms with Crippen LogP contribution >= 0.6 is 11.6 Å². The maximum Gasteiger partial charge on any atom is 0.256 e. The van der Waals surface area contributed by atoms with E-state index >= 15 is 0 Å². The quantitative estimate of drug-likeness (QED) is 0.781. The van der Waals surface area contributed by atoms with E-state index in [-0.39, 0.29) is 17.1 Å². The number of nitrogens with zero attached hydrogens (tertiary/aromatic N) is 1. The third kappa shape index (κ3) is 2.58. The van der Waals surface area contributed by atoms with E-state index in [9.17, 15) is 18.8 Å². The van der Waals surface area contributed by atoms with Gasteiger partial charge < -0.3 is 4.90 Å². The van der Waals surface area contributed by atoms with Crippen LogP contribution in [0.1, 0.15) is 17.3 Å². The van der Waals surface area contributed by atoms with Gasteiger partial charge in [0.1, 0.15) is 18.4 Å². The molecule has 0 bridgehead atoms. The zero-order chi connectivity index (χ0) is 14.2. The molecule has 100 valence electrons. The van der Waals surface area contributed by atoms with E-state index in [0.29, 0.717) is 0 Å². The second-order valence-electron chi connectivity index (χ2n) is 4.15. The first-order valence-electron chi connectivity index (χ1n) is 5.50. The minimum absolute atomic E-state index is 0.0532. The summed E-state index contributed by atoms with van der Waals surface area (Å²) in [5.74, 6) is -2.26. The second-order valence-corrected chi connectivity index (χ2v) is 4.55. The number of nitrogens with one attached hydrogen (secondary N) is 1. The molecule has 3 amide bonds. The van der Waals surface area contributed by atoms with Gasteiger partial charge in [-0.2, -0.15) is 0 Å². The van der Waals surface area contributed by atoms with Crippen LogP contribution < -0.4 is 5.32 Å². The van der Waals surface area contributed by atoms with Crippen molar-refractivity contribution in [2.24, 2.45) is 0 Å². The fourth-order valence-electron chi connectivity index (χ4n) is 1.78. The zero-order valence-electron chi connectivity index (χ0n) is 9.94. The Kier molecular flexibility index (Phi) is 3.53. The Hall–Kier alpha value is -1.95. The average Bonchev–Trinajstić information content (AvgIpc) is 2.33. The number of carbonyl (C=O) groups is 3. The Labute approximate surface area is 113 Å². The smallest absolute Gasteiger partial charge is 0.256 e. The molecule has 1 unspecified atom stereocenters. The van der Waals surface area contributed by atoms with Gasteiger partial charge in [-0.1, -0.05) is 11.6 Å². The molecule has 0 aromatic heterocycles. The van der Waals surface area contributed by atoms with Crippen LogP contribution in [-0.2, 0) is 9.59 Å². The first-order chi connectivity index (χ1) is 8.90. The average molecular weight is 285 g/mol. The van der Waals surface area contributed by atoms with Crippen LogP contribution in [0, 0.1) is 5.82 Å². The summed E-state index contributed by atoms with van der Waals surface area (Å²) in [6.07, 6.45) is 0. The van der Waals surface area contributed by atoms with Gasteiger partial charge in [-0.15, -0.1) is 0 Å². The molecule has 1 heterocycles. The maximum atomic E-state index is 12.9. The largest absolute Gasteiger partial charge is 0.318 e. The summed E-state index contributed by atoms with van der Waals surface area (Å²) < 4.78 is 12.9. The number of rotatable bonds is 1. The van der Waals surface area contributed by atoms with Gasteiger partial charge in [0.15, 0.2) is 0 Å². The lowest BCUT2D eigenvalue weighted by molar-refractivity contribution is -0.138. The van der Waals surface area contributed by atoms with Crippen LogP contribution in [0.3, 0.4) is 0 Å². The summed E-state index contributed by atoms with van der Waals surface area (Å²) in [6, 6.07) is 2.54. The third-order valence-electron chi connectivity index (χ3n) is 2.85. The van der Waals surface area contributed by atoms with Crippen LogP contribution in [-0.4, -0.2) is 35.2 Å². The summed E-state index contributed by atoms with van der Waals surface area (Å²) in [5.41, 5.74) is 0.0532. The fourth-order valence-corrected chi connectivity index (χ4v) is 2.03. The number of amides is 3. The van der Waals surface area contributed by atoms with E-state index in [1.807, 2.05) is 0 Å². The van der Waals surface area contributed by atoms with E-state index < -0.39 is 29.6 Å². The molecule has 19 heavy (non-hydrogen) atoms. The van der Waals surface area contributed by atoms with E-state index in [1.165, 1.54) is 13.0 Å². The molecule has 5 nitrogen and oxygen atoms in total. The number of hydrogen-bond acceptors (Lipinski definition) is 3. The first kappa shape index (κ1) is 13.5. The van der Waals surface area contributed by atoms with Crippen molar-refractivity contribution < 1.29 is 18.8 Å². The molecule has 1 fully saturated rings. The lowest BCUT2D eigenvalue weighted by atomic mass is 10.1. The summed E-state index contributed by atoms with van der Waals surface area (Å²) in [5, 5.41) is 2.06. The molecule has 7 heteroatoms.